The summed E-state index contributed by atoms with van der Waals surface area (Å²) in [6.45, 7) is 3.16. The zero-order valence-corrected chi connectivity index (χ0v) is 9.98. The predicted octanol–water partition coefficient (Wildman–Crippen LogP) is 1.52. The molecule has 1 aromatic heterocycles. The number of pyridine rings is 1. The summed E-state index contributed by atoms with van der Waals surface area (Å²) in [5.74, 6) is 1.22. The Bertz CT molecular complexity index is 365. The molecule has 2 rings (SSSR count). The third-order valence-electron chi connectivity index (χ3n) is 3.17. The molecular weight excluding hydrogens is 226 g/mol. The average Bonchev–Trinajstić information content (AvgIpc) is 2.58. The highest BCUT2D eigenvalue weighted by Gasteiger charge is 2.31. The zero-order chi connectivity index (χ0) is 11.7. The van der Waals surface area contributed by atoms with E-state index in [1.807, 2.05) is 0 Å². The Balaban J connectivity index is 2.29. The van der Waals surface area contributed by atoms with E-state index in [9.17, 15) is 5.11 Å². The molecule has 2 unspecified atom stereocenters. The Kier molecular flexibility index (Phi) is 3.21. The summed E-state index contributed by atoms with van der Waals surface area (Å²) in [4.78, 5) is 6.33. The van der Waals surface area contributed by atoms with Gasteiger partial charge in [0.15, 0.2) is 0 Å². The van der Waals surface area contributed by atoms with Gasteiger partial charge >= 0.3 is 0 Å². The zero-order valence-electron chi connectivity index (χ0n) is 9.23. The molecule has 3 N–H and O–H groups in total. The van der Waals surface area contributed by atoms with E-state index in [0.717, 1.165) is 18.8 Å². The number of halogens is 1. The molecule has 0 aliphatic carbocycles. The second kappa shape index (κ2) is 4.47. The second-order valence-corrected chi connectivity index (χ2v) is 4.68. The fourth-order valence-electron chi connectivity index (χ4n) is 2.22. The maximum Gasteiger partial charge on any atom is 0.133 e. The van der Waals surface area contributed by atoms with Gasteiger partial charge in [0.05, 0.1) is 12.6 Å². The van der Waals surface area contributed by atoms with Gasteiger partial charge in [-0.25, -0.2) is 4.98 Å². The third-order valence-corrected chi connectivity index (χ3v) is 3.36. The fraction of sp³-hybridized carbons (Fsp3) is 0.545. The van der Waals surface area contributed by atoms with Crippen molar-refractivity contribution >= 4 is 23.1 Å². The lowest BCUT2D eigenvalue weighted by molar-refractivity contribution is 0.244. The van der Waals surface area contributed by atoms with Gasteiger partial charge in [-0.15, -0.1) is 0 Å². The van der Waals surface area contributed by atoms with Gasteiger partial charge in [0, 0.05) is 18.3 Å². The molecule has 88 valence electrons. The molecule has 1 aliphatic heterocycles. The van der Waals surface area contributed by atoms with Crippen molar-refractivity contribution in [2.75, 3.05) is 23.8 Å². The molecule has 0 saturated carbocycles. The van der Waals surface area contributed by atoms with Crippen molar-refractivity contribution in [3.8, 4) is 0 Å². The Hall–Kier alpha value is -1.00. The van der Waals surface area contributed by atoms with Crippen LogP contribution in [0.15, 0.2) is 12.1 Å². The molecular formula is C11H16ClN3O. The first-order valence-electron chi connectivity index (χ1n) is 5.42. The minimum Gasteiger partial charge on any atom is -0.399 e. The molecule has 2 atom stereocenters. The molecule has 1 aromatic rings. The van der Waals surface area contributed by atoms with E-state index in [-0.39, 0.29) is 12.6 Å². The molecule has 1 aliphatic rings. The van der Waals surface area contributed by atoms with Gasteiger partial charge in [-0.2, -0.15) is 0 Å². The van der Waals surface area contributed by atoms with Gasteiger partial charge < -0.3 is 15.7 Å². The number of anilines is 2. The van der Waals surface area contributed by atoms with Crippen molar-refractivity contribution in [2.24, 2.45) is 5.92 Å². The normalized spacial score (nSPS) is 25.1. The summed E-state index contributed by atoms with van der Waals surface area (Å²) in [5.41, 5.74) is 6.34. The summed E-state index contributed by atoms with van der Waals surface area (Å²) in [7, 11) is 0. The quantitative estimate of drug-likeness (QED) is 0.771. The van der Waals surface area contributed by atoms with E-state index in [0.29, 0.717) is 16.8 Å². The number of aromatic nitrogens is 1. The van der Waals surface area contributed by atoms with Crippen molar-refractivity contribution in [1.29, 1.82) is 0 Å². The van der Waals surface area contributed by atoms with Crippen LogP contribution in [0.3, 0.4) is 0 Å². The van der Waals surface area contributed by atoms with Crippen molar-refractivity contribution in [1.82, 2.24) is 4.98 Å². The van der Waals surface area contributed by atoms with Crippen LogP contribution < -0.4 is 10.6 Å². The Morgan fingerprint density at radius 1 is 1.62 bits per heavy atom. The summed E-state index contributed by atoms with van der Waals surface area (Å²) >= 11 is 5.88. The van der Waals surface area contributed by atoms with Crippen molar-refractivity contribution in [3.63, 3.8) is 0 Å². The molecule has 4 nitrogen and oxygen atoms in total. The van der Waals surface area contributed by atoms with Gasteiger partial charge in [-0.3, -0.25) is 0 Å². The van der Waals surface area contributed by atoms with Crippen LogP contribution in [0.4, 0.5) is 11.5 Å². The number of rotatable bonds is 2. The van der Waals surface area contributed by atoms with E-state index in [1.54, 1.807) is 12.1 Å². The standard InChI is InChI=1S/C11H16ClN3O/c1-7-2-3-15(9(7)6-16)11-5-8(13)4-10(12)14-11/h4-5,7,9,16H,2-3,6H2,1H3,(H2,13,14). The first-order valence-corrected chi connectivity index (χ1v) is 5.80. The predicted molar refractivity (Wildman–Crippen MR) is 65.7 cm³/mol. The minimum atomic E-state index is 0.116. The number of nitrogen functional groups attached to an aromatic ring is 1. The summed E-state index contributed by atoms with van der Waals surface area (Å²) in [6.07, 6.45) is 1.05. The molecule has 1 fully saturated rings. The molecule has 5 heteroatoms. The van der Waals surface area contributed by atoms with E-state index in [1.165, 1.54) is 0 Å². The minimum absolute atomic E-state index is 0.116. The largest absolute Gasteiger partial charge is 0.399 e. The SMILES string of the molecule is CC1CCN(c2cc(N)cc(Cl)n2)C1CO. The second-order valence-electron chi connectivity index (χ2n) is 4.29. The molecule has 1 saturated heterocycles. The summed E-state index contributed by atoms with van der Waals surface area (Å²) in [6, 6.07) is 3.54. The first kappa shape index (κ1) is 11.5. The molecule has 0 radical (unpaired) electrons. The number of hydrogen-bond donors (Lipinski definition) is 2. The fourth-order valence-corrected chi connectivity index (χ4v) is 2.43. The van der Waals surface area contributed by atoms with Crippen LogP contribution in [-0.4, -0.2) is 29.3 Å². The first-order chi connectivity index (χ1) is 7.61. The number of aliphatic hydroxyl groups is 1. The van der Waals surface area contributed by atoms with Crippen molar-refractivity contribution in [3.05, 3.63) is 17.3 Å². The number of aliphatic hydroxyl groups excluding tert-OH is 1. The molecule has 16 heavy (non-hydrogen) atoms. The molecule has 2 heterocycles. The van der Waals surface area contributed by atoms with Gasteiger partial charge in [0.1, 0.15) is 11.0 Å². The number of nitrogens with zero attached hydrogens (tertiary/aromatic N) is 2. The maximum absolute atomic E-state index is 9.37. The van der Waals surface area contributed by atoms with Crippen LogP contribution in [0.5, 0.6) is 0 Å². The van der Waals surface area contributed by atoms with Crippen LogP contribution in [0, 0.1) is 5.92 Å². The van der Waals surface area contributed by atoms with E-state index in [4.69, 9.17) is 17.3 Å². The smallest absolute Gasteiger partial charge is 0.133 e. The third kappa shape index (κ3) is 2.08. The van der Waals surface area contributed by atoms with E-state index >= 15 is 0 Å². The van der Waals surface area contributed by atoms with Crippen LogP contribution in [0.25, 0.3) is 0 Å². The highest BCUT2D eigenvalue weighted by atomic mass is 35.5. The van der Waals surface area contributed by atoms with Crippen molar-refractivity contribution < 1.29 is 5.11 Å². The maximum atomic E-state index is 9.37. The van der Waals surface area contributed by atoms with Gasteiger partial charge in [0.2, 0.25) is 0 Å². The lowest BCUT2D eigenvalue weighted by Crippen LogP contribution is -2.35. The number of nitrogens with two attached hydrogens (primary N) is 1. The van der Waals surface area contributed by atoms with Gasteiger partial charge in [-0.05, 0) is 18.4 Å². The van der Waals surface area contributed by atoms with E-state index in [2.05, 4.69) is 16.8 Å². The highest BCUT2D eigenvalue weighted by molar-refractivity contribution is 6.29. The van der Waals surface area contributed by atoms with Crippen LogP contribution >= 0.6 is 11.6 Å². The summed E-state index contributed by atoms with van der Waals surface area (Å²) < 4.78 is 0. The summed E-state index contributed by atoms with van der Waals surface area (Å²) in [5, 5.41) is 9.77. The monoisotopic (exact) mass is 241 g/mol. The molecule has 0 aromatic carbocycles. The number of hydrogen-bond acceptors (Lipinski definition) is 4. The topological polar surface area (TPSA) is 62.4 Å². The molecule has 0 amide bonds. The van der Waals surface area contributed by atoms with Gasteiger partial charge in [-0.1, -0.05) is 18.5 Å². The van der Waals surface area contributed by atoms with Crippen LogP contribution in [0.1, 0.15) is 13.3 Å². The lowest BCUT2D eigenvalue weighted by Gasteiger charge is -2.26. The van der Waals surface area contributed by atoms with Crippen LogP contribution in [0.2, 0.25) is 5.15 Å². The average molecular weight is 242 g/mol. The molecule has 0 bridgehead atoms. The Labute approximate surface area is 100 Å². The van der Waals surface area contributed by atoms with Crippen molar-refractivity contribution in [2.45, 2.75) is 19.4 Å². The van der Waals surface area contributed by atoms with Gasteiger partial charge in [0.25, 0.3) is 0 Å². The lowest BCUT2D eigenvalue weighted by atomic mass is 10.0. The highest BCUT2D eigenvalue weighted by Crippen LogP contribution is 2.30. The van der Waals surface area contributed by atoms with Crippen LogP contribution in [-0.2, 0) is 0 Å². The Morgan fingerprint density at radius 3 is 3.00 bits per heavy atom. The van der Waals surface area contributed by atoms with E-state index < -0.39 is 0 Å². The molecule has 0 spiro atoms. The Morgan fingerprint density at radius 2 is 2.38 bits per heavy atom.